The average Bonchev–Trinajstić information content (AvgIpc) is 2.72. The molecule has 1 atom stereocenters. The highest BCUT2D eigenvalue weighted by Crippen LogP contribution is 2.28. The van der Waals surface area contributed by atoms with E-state index in [1.165, 1.54) is 0 Å². The summed E-state index contributed by atoms with van der Waals surface area (Å²) in [4.78, 5) is 0. The van der Waals surface area contributed by atoms with Crippen LogP contribution in [-0.2, 0) is 13.0 Å². The van der Waals surface area contributed by atoms with E-state index in [1.807, 2.05) is 43.7 Å². The van der Waals surface area contributed by atoms with Gasteiger partial charge < -0.3 is 0 Å². The molecule has 21 heavy (non-hydrogen) atoms. The Balaban J connectivity index is 2.35. The van der Waals surface area contributed by atoms with Crippen molar-refractivity contribution in [1.29, 1.82) is 0 Å². The van der Waals surface area contributed by atoms with Gasteiger partial charge in [-0.25, -0.2) is 0 Å². The molecule has 114 valence electrons. The standard InChI is InChI=1S/C15H20Cl2N4/c1-4-21-14(15(17)10(3)20-21)8-13(19-18)12-6-5-11(16)7-9(12)2/h5-7,13,19H,4,8,18H2,1-3H3. The van der Waals surface area contributed by atoms with E-state index in [9.17, 15) is 0 Å². The zero-order chi connectivity index (χ0) is 15.6. The number of nitrogens with two attached hydrogens (primary N) is 1. The average molecular weight is 327 g/mol. The van der Waals surface area contributed by atoms with Crippen LogP contribution in [0.2, 0.25) is 10.0 Å². The van der Waals surface area contributed by atoms with Crippen molar-refractivity contribution in [2.75, 3.05) is 0 Å². The third kappa shape index (κ3) is 3.40. The molecule has 4 nitrogen and oxygen atoms in total. The summed E-state index contributed by atoms with van der Waals surface area (Å²) >= 11 is 12.4. The number of benzene rings is 1. The van der Waals surface area contributed by atoms with Crippen LogP contribution >= 0.6 is 23.2 Å². The highest BCUT2D eigenvalue weighted by atomic mass is 35.5. The Kier molecular flexibility index (Phi) is 5.27. The number of aromatic nitrogens is 2. The predicted octanol–water partition coefficient (Wildman–Crippen LogP) is 3.57. The molecule has 0 spiro atoms. The molecule has 3 N–H and O–H groups in total. The zero-order valence-electron chi connectivity index (χ0n) is 12.5. The van der Waals surface area contributed by atoms with E-state index in [1.54, 1.807) is 0 Å². The van der Waals surface area contributed by atoms with Gasteiger partial charge in [-0.15, -0.1) is 0 Å². The third-order valence-corrected chi connectivity index (χ3v) is 4.39. The molecule has 0 bridgehead atoms. The van der Waals surface area contributed by atoms with Crippen LogP contribution in [0.1, 0.15) is 35.5 Å². The van der Waals surface area contributed by atoms with Crippen molar-refractivity contribution in [3.63, 3.8) is 0 Å². The maximum atomic E-state index is 6.37. The fourth-order valence-corrected chi connectivity index (χ4v) is 2.99. The van der Waals surface area contributed by atoms with Crippen LogP contribution in [-0.4, -0.2) is 9.78 Å². The van der Waals surface area contributed by atoms with Gasteiger partial charge in [0.1, 0.15) is 0 Å². The predicted molar refractivity (Wildman–Crippen MR) is 87.6 cm³/mol. The lowest BCUT2D eigenvalue weighted by Gasteiger charge is -2.19. The van der Waals surface area contributed by atoms with Crippen LogP contribution in [0.25, 0.3) is 0 Å². The minimum atomic E-state index is -0.0406. The minimum absolute atomic E-state index is 0.0406. The van der Waals surface area contributed by atoms with Gasteiger partial charge >= 0.3 is 0 Å². The van der Waals surface area contributed by atoms with E-state index >= 15 is 0 Å². The van der Waals surface area contributed by atoms with Crippen molar-refractivity contribution in [3.8, 4) is 0 Å². The van der Waals surface area contributed by atoms with Gasteiger partial charge in [-0.3, -0.25) is 16.0 Å². The SMILES string of the molecule is CCn1nc(C)c(Cl)c1CC(NN)c1ccc(Cl)cc1C. The Morgan fingerprint density at radius 1 is 1.33 bits per heavy atom. The Morgan fingerprint density at radius 2 is 2.05 bits per heavy atom. The van der Waals surface area contributed by atoms with Gasteiger partial charge in [-0.1, -0.05) is 29.3 Å². The lowest BCUT2D eigenvalue weighted by molar-refractivity contribution is 0.515. The number of hydrazine groups is 1. The fourth-order valence-electron chi connectivity index (χ4n) is 2.55. The summed E-state index contributed by atoms with van der Waals surface area (Å²) in [6.07, 6.45) is 0.673. The van der Waals surface area contributed by atoms with Crippen LogP contribution < -0.4 is 11.3 Å². The molecule has 0 amide bonds. The first-order chi connectivity index (χ1) is 9.97. The second-order valence-electron chi connectivity index (χ2n) is 5.09. The van der Waals surface area contributed by atoms with E-state index in [4.69, 9.17) is 29.0 Å². The van der Waals surface area contributed by atoms with Crippen molar-refractivity contribution in [2.24, 2.45) is 5.84 Å². The van der Waals surface area contributed by atoms with Crippen LogP contribution in [0.15, 0.2) is 18.2 Å². The number of hydrogen-bond acceptors (Lipinski definition) is 3. The van der Waals surface area contributed by atoms with E-state index in [0.29, 0.717) is 11.4 Å². The number of hydrogen-bond donors (Lipinski definition) is 2. The summed E-state index contributed by atoms with van der Waals surface area (Å²) in [6, 6.07) is 5.76. The summed E-state index contributed by atoms with van der Waals surface area (Å²) in [5.74, 6) is 5.75. The summed E-state index contributed by atoms with van der Waals surface area (Å²) < 4.78 is 1.92. The van der Waals surface area contributed by atoms with Gasteiger partial charge in [0, 0.05) is 18.0 Å². The van der Waals surface area contributed by atoms with Crippen LogP contribution in [0, 0.1) is 13.8 Å². The van der Waals surface area contributed by atoms with E-state index in [2.05, 4.69) is 10.5 Å². The second kappa shape index (κ2) is 6.79. The van der Waals surface area contributed by atoms with E-state index in [0.717, 1.165) is 34.1 Å². The van der Waals surface area contributed by atoms with Crippen LogP contribution in [0.5, 0.6) is 0 Å². The number of rotatable bonds is 5. The van der Waals surface area contributed by atoms with Crippen molar-refractivity contribution in [3.05, 3.63) is 50.8 Å². The second-order valence-corrected chi connectivity index (χ2v) is 5.90. The topological polar surface area (TPSA) is 55.9 Å². The lowest BCUT2D eigenvalue weighted by Crippen LogP contribution is -2.30. The van der Waals surface area contributed by atoms with Gasteiger partial charge in [0.15, 0.2) is 0 Å². The Morgan fingerprint density at radius 3 is 2.62 bits per heavy atom. The molecule has 0 aliphatic carbocycles. The maximum absolute atomic E-state index is 6.37. The number of halogens is 2. The summed E-state index contributed by atoms with van der Waals surface area (Å²) in [5.41, 5.74) is 6.92. The molecule has 1 unspecified atom stereocenters. The number of nitrogens with zero attached hydrogens (tertiary/aromatic N) is 2. The minimum Gasteiger partial charge on any atom is -0.271 e. The molecule has 2 aromatic rings. The molecule has 0 saturated carbocycles. The fraction of sp³-hybridized carbons (Fsp3) is 0.400. The van der Waals surface area contributed by atoms with Gasteiger partial charge in [0.05, 0.1) is 22.5 Å². The van der Waals surface area contributed by atoms with Crippen LogP contribution in [0.3, 0.4) is 0 Å². The molecule has 2 rings (SSSR count). The van der Waals surface area contributed by atoms with Crippen molar-refractivity contribution < 1.29 is 0 Å². The number of aryl methyl sites for hydroxylation is 3. The molecule has 0 aliphatic rings. The normalized spacial score (nSPS) is 12.7. The molecule has 6 heteroatoms. The molecule has 0 radical (unpaired) electrons. The Hall–Kier alpha value is -1.07. The first-order valence-electron chi connectivity index (χ1n) is 6.91. The lowest BCUT2D eigenvalue weighted by atomic mass is 9.98. The van der Waals surface area contributed by atoms with Gasteiger partial charge in [0.2, 0.25) is 0 Å². The summed E-state index contributed by atoms with van der Waals surface area (Å²) in [7, 11) is 0. The molecule has 0 fully saturated rings. The van der Waals surface area contributed by atoms with Gasteiger partial charge in [0.25, 0.3) is 0 Å². The highest BCUT2D eigenvalue weighted by Gasteiger charge is 2.19. The smallest absolute Gasteiger partial charge is 0.0847 e. The summed E-state index contributed by atoms with van der Waals surface area (Å²) in [6.45, 7) is 6.76. The highest BCUT2D eigenvalue weighted by molar-refractivity contribution is 6.32. The molecule has 0 saturated heterocycles. The third-order valence-electron chi connectivity index (χ3n) is 3.66. The largest absolute Gasteiger partial charge is 0.271 e. The summed E-state index contributed by atoms with van der Waals surface area (Å²) in [5, 5.41) is 5.87. The van der Waals surface area contributed by atoms with E-state index in [-0.39, 0.29) is 6.04 Å². The van der Waals surface area contributed by atoms with Crippen LogP contribution in [0.4, 0.5) is 0 Å². The first kappa shape index (κ1) is 16.3. The molecule has 1 aromatic heterocycles. The molecular weight excluding hydrogens is 307 g/mol. The first-order valence-corrected chi connectivity index (χ1v) is 7.67. The quantitative estimate of drug-likeness (QED) is 0.652. The Labute approximate surface area is 135 Å². The number of nitrogens with one attached hydrogen (secondary N) is 1. The molecule has 0 aliphatic heterocycles. The zero-order valence-corrected chi connectivity index (χ0v) is 14.0. The molecule has 1 heterocycles. The maximum Gasteiger partial charge on any atom is 0.0847 e. The molecule has 1 aromatic carbocycles. The van der Waals surface area contributed by atoms with E-state index < -0.39 is 0 Å². The molecular formula is C15H20Cl2N4. The van der Waals surface area contributed by atoms with Gasteiger partial charge in [-0.05, 0) is 44.0 Å². The van der Waals surface area contributed by atoms with Crippen molar-refractivity contribution >= 4 is 23.2 Å². The monoisotopic (exact) mass is 326 g/mol. The Bertz CT molecular complexity index is 637. The van der Waals surface area contributed by atoms with Crippen molar-refractivity contribution in [2.45, 2.75) is 39.8 Å². The van der Waals surface area contributed by atoms with Crippen molar-refractivity contribution in [1.82, 2.24) is 15.2 Å². The van der Waals surface area contributed by atoms with Gasteiger partial charge in [-0.2, -0.15) is 5.10 Å².